The summed E-state index contributed by atoms with van der Waals surface area (Å²) in [6, 6.07) is 1.33. The highest BCUT2D eigenvalue weighted by Crippen LogP contribution is 2.17. The molecule has 0 rings (SSSR count). The van der Waals surface area contributed by atoms with Crippen LogP contribution in [-0.2, 0) is 0 Å². The first-order chi connectivity index (χ1) is 4.98. The summed E-state index contributed by atoms with van der Waals surface area (Å²) in [6.45, 7) is 8.63. The Morgan fingerprint density at radius 3 is 2.27 bits per heavy atom. The lowest BCUT2D eigenvalue weighted by molar-refractivity contribution is 0.0462. The van der Waals surface area contributed by atoms with Crippen LogP contribution in [0, 0.1) is 0 Å². The first-order valence-corrected chi connectivity index (χ1v) is 7.20. The smallest absolute Gasteiger partial charge is 0.0617 e. The average molecular weight is 173 g/mol. The van der Waals surface area contributed by atoms with Gasteiger partial charge in [-0.05, 0) is 19.8 Å². The molecule has 0 spiro atoms. The molecule has 1 N–H and O–H groups in total. The summed E-state index contributed by atoms with van der Waals surface area (Å²) in [5.74, 6) is 0. The lowest BCUT2D eigenvalue weighted by Gasteiger charge is -2.21. The van der Waals surface area contributed by atoms with Gasteiger partial charge >= 0.3 is 0 Å². The van der Waals surface area contributed by atoms with E-state index in [1.54, 1.807) is 0 Å². The van der Waals surface area contributed by atoms with Gasteiger partial charge in [0.1, 0.15) is 0 Å². The van der Waals surface area contributed by atoms with Crippen LogP contribution in [0.4, 0.5) is 0 Å². The first-order valence-electron chi connectivity index (χ1n) is 4.49. The van der Waals surface area contributed by atoms with E-state index in [9.17, 15) is 5.11 Å². The van der Waals surface area contributed by atoms with Gasteiger partial charge in [-0.1, -0.05) is 32.5 Å². The van der Waals surface area contributed by atoms with Gasteiger partial charge in [-0.25, -0.2) is 0 Å². The molecule has 0 bridgehead atoms. The van der Waals surface area contributed by atoms with Gasteiger partial charge < -0.3 is 5.11 Å². The topological polar surface area (TPSA) is 20.2 Å². The molecule has 0 aromatic rings. The maximum atomic E-state index is 9.65. The maximum Gasteiger partial charge on any atom is 0.0617 e. The summed E-state index contributed by atoms with van der Waals surface area (Å²) in [6.07, 6.45) is 3.05. The third-order valence-electron chi connectivity index (χ3n) is 2.15. The van der Waals surface area contributed by atoms with E-state index in [1.807, 2.05) is 13.8 Å². The van der Waals surface area contributed by atoms with Crippen LogP contribution in [0.15, 0.2) is 0 Å². The van der Waals surface area contributed by atoms with Crippen LogP contribution < -0.4 is 0 Å². The number of rotatable bonds is 5. The van der Waals surface area contributed by atoms with E-state index in [1.165, 1.54) is 12.5 Å². The molecule has 1 atom stereocenters. The van der Waals surface area contributed by atoms with Crippen LogP contribution in [0.25, 0.3) is 0 Å². The zero-order valence-electron chi connectivity index (χ0n) is 8.28. The Morgan fingerprint density at radius 2 is 1.91 bits per heavy atom. The van der Waals surface area contributed by atoms with Gasteiger partial charge in [0.15, 0.2) is 0 Å². The van der Waals surface area contributed by atoms with E-state index in [-0.39, 0.29) is 8.80 Å². The van der Waals surface area contributed by atoms with Crippen LogP contribution in [0.3, 0.4) is 0 Å². The first kappa shape index (κ1) is 11.2. The molecule has 11 heavy (non-hydrogen) atoms. The van der Waals surface area contributed by atoms with Gasteiger partial charge in [-0.15, -0.1) is 0 Å². The molecule has 0 saturated heterocycles. The Balaban J connectivity index is 3.38. The minimum Gasteiger partial charge on any atom is -0.390 e. The van der Waals surface area contributed by atoms with Gasteiger partial charge in [0.2, 0.25) is 0 Å². The van der Waals surface area contributed by atoms with Crippen molar-refractivity contribution in [3.8, 4) is 0 Å². The van der Waals surface area contributed by atoms with E-state index in [0.717, 1.165) is 12.8 Å². The fraction of sp³-hybridized carbons (Fsp3) is 1.00. The molecule has 0 aliphatic rings. The molecular weight excluding hydrogens is 152 g/mol. The van der Waals surface area contributed by atoms with Crippen molar-refractivity contribution in [1.82, 2.24) is 0 Å². The van der Waals surface area contributed by atoms with Gasteiger partial charge in [-0.2, -0.15) is 0 Å². The number of hydrogen-bond donors (Lipinski definition) is 1. The predicted octanol–water partition coefficient (Wildman–Crippen LogP) is 2.68. The van der Waals surface area contributed by atoms with Crippen LogP contribution in [0.5, 0.6) is 0 Å². The molecule has 0 amide bonds. The van der Waals surface area contributed by atoms with E-state index in [0.29, 0.717) is 0 Å². The van der Waals surface area contributed by atoms with Gasteiger partial charge in [0.25, 0.3) is 0 Å². The molecule has 0 aromatic carbocycles. The molecule has 67 valence electrons. The summed E-state index contributed by atoms with van der Waals surface area (Å²) in [7, 11) is -0.0759. The minimum absolute atomic E-state index is 0.0759. The zero-order chi connectivity index (χ0) is 8.91. The van der Waals surface area contributed by atoms with Crippen molar-refractivity contribution in [1.29, 1.82) is 0 Å². The van der Waals surface area contributed by atoms with Crippen LogP contribution in [0.2, 0.25) is 19.1 Å². The van der Waals surface area contributed by atoms with Crippen molar-refractivity contribution in [2.24, 2.45) is 0 Å². The van der Waals surface area contributed by atoms with E-state index in [4.69, 9.17) is 0 Å². The predicted molar refractivity (Wildman–Crippen MR) is 52.4 cm³/mol. The molecule has 0 aromatic heterocycles. The molecule has 1 nitrogen and oxygen atoms in total. The standard InChI is InChI=1S/C9H21OSi/c1-5-9(2,10)7-6-8-11(3)4/h10H,5-8H2,1-4H3. The molecule has 1 unspecified atom stereocenters. The summed E-state index contributed by atoms with van der Waals surface area (Å²) in [5.41, 5.74) is -0.405. The van der Waals surface area contributed by atoms with Gasteiger partial charge in [0, 0.05) is 8.80 Å². The molecule has 2 heteroatoms. The van der Waals surface area contributed by atoms with Crippen LogP contribution in [0.1, 0.15) is 33.1 Å². The normalized spacial score (nSPS) is 16.9. The highest BCUT2D eigenvalue weighted by molar-refractivity contribution is 6.55. The highest BCUT2D eigenvalue weighted by atomic mass is 28.3. The second-order valence-corrected chi connectivity index (χ2v) is 6.83. The van der Waals surface area contributed by atoms with Crippen molar-refractivity contribution in [2.45, 2.75) is 57.8 Å². The number of aliphatic hydroxyl groups is 1. The second-order valence-electron chi connectivity index (χ2n) is 3.91. The molecule has 0 aliphatic carbocycles. The average Bonchev–Trinajstić information content (AvgIpc) is 1.87. The highest BCUT2D eigenvalue weighted by Gasteiger charge is 2.16. The van der Waals surface area contributed by atoms with E-state index < -0.39 is 5.60 Å². The quantitative estimate of drug-likeness (QED) is 0.634. The Kier molecular flexibility index (Phi) is 5.02. The van der Waals surface area contributed by atoms with Crippen LogP contribution >= 0.6 is 0 Å². The zero-order valence-corrected chi connectivity index (χ0v) is 9.28. The second kappa shape index (κ2) is 4.94. The van der Waals surface area contributed by atoms with Crippen LogP contribution in [-0.4, -0.2) is 19.5 Å². The molecule has 0 fully saturated rings. The van der Waals surface area contributed by atoms with Crippen molar-refractivity contribution < 1.29 is 5.11 Å². The Bertz CT molecular complexity index is 99.7. The van der Waals surface area contributed by atoms with E-state index >= 15 is 0 Å². The van der Waals surface area contributed by atoms with Crippen molar-refractivity contribution in [3.05, 3.63) is 0 Å². The van der Waals surface area contributed by atoms with Gasteiger partial charge in [-0.3, -0.25) is 0 Å². The summed E-state index contributed by atoms with van der Waals surface area (Å²) < 4.78 is 0. The van der Waals surface area contributed by atoms with Gasteiger partial charge in [0.05, 0.1) is 5.60 Å². The molecule has 1 radical (unpaired) electrons. The summed E-state index contributed by atoms with van der Waals surface area (Å²) >= 11 is 0. The third-order valence-corrected chi connectivity index (χ3v) is 3.51. The lowest BCUT2D eigenvalue weighted by atomic mass is 9.98. The summed E-state index contributed by atoms with van der Waals surface area (Å²) in [4.78, 5) is 0. The Hall–Kier alpha value is 0.177. The largest absolute Gasteiger partial charge is 0.390 e. The summed E-state index contributed by atoms with van der Waals surface area (Å²) in [5, 5.41) is 9.65. The maximum absolute atomic E-state index is 9.65. The molecular formula is C9H21OSi. The molecule has 0 heterocycles. The monoisotopic (exact) mass is 173 g/mol. The Labute approximate surface area is 72.4 Å². The molecule has 0 saturated carbocycles. The van der Waals surface area contributed by atoms with Crippen molar-refractivity contribution >= 4 is 8.80 Å². The minimum atomic E-state index is -0.405. The Morgan fingerprint density at radius 1 is 1.36 bits per heavy atom. The van der Waals surface area contributed by atoms with E-state index in [2.05, 4.69) is 13.1 Å². The lowest BCUT2D eigenvalue weighted by Crippen LogP contribution is -2.22. The molecule has 0 aliphatic heterocycles. The fourth-order valence-electron chi connectivity index (χ4n) is 1.000. The number of hydrogen-bond acceptors (Lipinski definition) is 1. The SMILES string of the molecule is CCC(C)(O)CCC[Si](C)C. The fourth-order valence-corrected chi connectivity index (χ4v) is 1.88. The third kappa shape index (κ3) is 6.57. The van der Waals surface area contributed by atoms with Crippen molar-refractivity contribution in [3.63, 3.8) is 0 Å². The van der Waals surface area contributed by atoms with Crippen molar-refractivity contribution in [2.75, 3.05) is 0 Å².